The SMILES string of the molecule is ClCc1cnccc1Oc1cc(Cl)ccc1Cl. The van der Waals surface area contributed by atoms with Crippen LogP contribution in [0.1, 0.15) is 5.56 Å². The molecular weight excluding hydrogens is 280 g/mol. The average molecular weight is 289 g/mol. The Bertz CT molecular complexity index is 531. The van der Waals surface area contributed by atoms with Crippen molar-refractivity contribution in [2.24, 2.45) is 0 Å². The summed E-state index contributed by atoms with van der Waals surface area (Å²) in [5.41, 5.74) is 0.796. The molecule has 0 fully saturated rings. The normalized spacial score (nSPS) is 10.3. The van der Waals surface area contributed by atoms with Gasteiger partial charge in [-0.25, -0.2) is 0 Å². The highest BCUT2D eigenvalue weighted by molar-refractivity contribution is 6.34. The summed E-state index contributed by atoms with van der Waals surface area (Å²) in [7, 11) is 0. The predicted octanol–water partition coefficient (Wildman–Crippen LogP) is 4.92. The summed E-state index contributed by atoms with van der Waals surface area (Å²) >= 11 is 17.7. The van der Waals surface area contributed by atoms with Crippen LogP contribution in [-0.4, -0.2) is 4.98 Å². The Morgan fingerprint density at radius 1 is 1.12 bits per heavy atom. The summed E-state index contributed by atoms with van der Waals surface area (Å²) in [6.07, 6.45) is 3.28. The van der Waals surface area contributed by atoms with Gasteiger partial charge in [-0.15, -0.1) is 11.6 Å². The van der Waals surface area contributed by atoms with Crippen molar-refractivity contribution in [1.29, 1.82) is 0 Å². The number of benzene rings is 1. The van der Waals surface area contributed by atoms with Crippen LogP contribution in [0.4, 0.5) is 0 Å². The fourth-order valence-corrected chi connectivity index (χ4v) is 1.81. The van der Waals surface area contributed by atoms with Crippen LogP contribution < -0.4 is 4.74 Å². The zero-order valence-corrected chi connectivity index (χ0v) is 10.9. The molecule has 0 bridgehead atoms. The second kappa shape index (κ2) is 5.58. The third-order valence-electron chi connectivity index (χ3n) is 2.12. The Labute approximate surface area is 114 Å². The first kappa shape index (κ1) is 12.5. The van der Waals surface area contributed by atoms with Gasteiger partial charge < -0.3 is 4.74 Å². The number of hydrogen-bond donors (Lipinski definition) is 0. The smallest absolute Gasteiger partial charge is 0.147 e. The first-order chi connectivity index (χ1) is 8.20. The number of halogens is 3. The lowest BCUT2D eigenvalue weighted by molar-refractivity contribution is 0.478. The number of ether oxygens (including phenoxy) is 1. The molecule has 0 amide bonds. The van der Waals surface area contributed by atoms with Crippen molar-refractivity contribution in [3.63, 3.8) is 0 Å². The van der Waals surface area contributed by atoms with Crippen LogP contribution in [0, 0.1) is 0 Å². The van der Waals surface area contributed by atoms with E-state index in [4.69, 9.17) is 39.5 Å². The summed E-state index contributed by atoms with van der Waals surface area (Å²) in [6, 6.07) is 6.77. The third-order valence-corrected chi connectivity index (χ3v) is 2.95. The topological polar surface area (TPSA) is 22.1 Å². The predicted molar refractivity (Wildman–Crippen MR) is 70.3 cm³/mol. The number of hydrogen-bond acceptors (Lipinski definition) is 2. The molecule has 1 aromatic heterocycles. The molecule has 17 heavy (non-hydrogen) atoms. The Morgan fingerprint density at radius 2 is 1.94 bits per heavy atom. The van der Waals surface area contributed by atoms with E-state index in [2.05, 4.69) is 4.98 Å². The van der Waals surface area contributed by atoms with E-state index in [0.717, 1.165) is 5.56 Å². The van der Waals surface area contributed by atoms with Gasteiger partial charge in [0.25, 0.3) is 0 Å². The first-order valence-electron chi connectivity index (χ1n) is 4.82. The maximum absolute atomic E-state index is 6.01. The minimum absolute atomic E-state index is 0.321. The Balaban J connectivity index is 2.34. The quantitative estimate of drug-likeness (QED) is 0.748. The molecular formula is C12H8Cl3NO. The molecule has 0 aliphatic heterocycles. The van der Waals surface area contributed by atoms with E-state index in [1.807, 2.05) is 0 Å². The molecule has 88 valence electrons. The molecule has 0 radical (unpaired) electrons. The highest BCUT2D eigenvalue weighted by Gasteiger charge is 2.07. The van der Waals surface area contributed by atoms with Crippen LogP contribution in [0.2, 0.25) is 10.0 Å². The van der Waals surface area contributed by atoms with Crippen LogP contribution in [0.25, 0.3) is 0 Å². The van der Waals surface area contributed by atoms with E-state index >= 15 is 0 Å². The molecule has 2 nitrogen and oxygen atoms in total. The lowest BCUT2D eigenvalue weighted by Gasteiger charge is -2.10. The van der Waals surface area contributed by atoms with E-state index in [0.29, 0.717) is 27.4 Å². The molecule has 0 aliphatic carbocycles. The maximum atomic E-state index is 6.01. The van der Waals surface area contributed by atoms with Crippen molar-refractivity contribution < 1.29 is 4.74 Å². The number of rotatable bonds is 3. The summed E-state index contributed by atoms with van der Waals surface area (Å²) in [5.74, 6) is 1.44. The number of alkyl halides is 1. The van der Waals surface area contributed by atoms with Crippen molar-refractivity contribution in [3.05, 3.63) is 52.3 Å². The van der Waals surface area contributed by atoms with Crippen molar-refractivity contribution in [1.82, 2.24) is 4.98 Å². The summed E-state index contributed by atoms with van der Waals surface area (Å²) < 4.78 is 5.67. The van der Waals surface area contributed by atoms with Gasteiger partial charge in [-0.05, 0) is 18.2 Å². The minimum atomic E-state index is 0.321. The maximum Gasteiger partial charge on any atom is 0.147 e. The molecule has 0 aliphatic rings. The zero-order chi connectivity index (χ0) is 12.3. The molecule has 5 heteroatoms. The highest BCUT2D eigenvalue weighted by atomic mass is 35.5. The Kier molecular flexibility index (Phi) is 4.11. The standard InChI is InChI=1S/C12H8Cl3NO/c13-6-8-7-16-4-3-11(8)17-12-5-9(14)1-2-10(12)15/h1-5,7H,6H2. The fraction of sp³-hybridized carbons (Fsp3) is 0.0833. The van der Waals surface area contributed by atoms with Gasteiger partial charge in [0, 0.05) is 29.0 Å². The van der Waals surface area contributed by atoms with Crippen LogP contribution in [-0.2, 0) is 5.88 Å². The second-order valence-electron chi connectivity index (χ2n) is 3.29. The van der Waals surface area contributed by atoms with Gasteiger partial charge in [0.1, 0.15) is 11.5 Å². The first-order valence-corrected chi connectivity index (χ1v) is 6.11. The van der Waals surface area contributed by atoms with E-state index in [1.54, 1.807) is 36.7 Å². The molecule has 0 unspecified atom stereocenters. The van der Waals surface area contributed by atoms with Crippen LogP contribution >= 0.6 is 34.8 Å². The van der Waals surface area contributed by atoms with Crippen LogP contribution in [0.5, 0.6) is 11.5 Å². The van der Waals surface area contributed by atoms with Crippen LogP contribution in [0.3, 0.4) is 0 Å². The van der Waals surface area contributed by atoms with Gasteiger partial charge >= 0.3 is 0 Å². The van der Waals surface area contributed by atoms with Crippen LogP contribution in [0.15, 0.2) is 36.7 Å². The monoisotopic (exact) mass is 287 g/mol. The minimum Gasteiger partial charge on any atom is -0.455 e. The molecule has 0 spiro atoms. The molecule has 1 heterocycles. The molecule has 2 aromatic rings. The van der Waals surface area contributed by atoms with E-state index in [1.165, 1.54) is 0 Å². The average Bonchev–Trinajstić information content (AvgIpc) is 2.34. The molecule has 0 saturated carbocycles. The van der Waals surface area contributed by atoms with Gasteiger partial charge in [0.15, 0.2) is 0 Å². The van der Waals surface area contributed by atoms with Crippen molar-refractivity contribution >= 4 is 34.8 Å². The summed E-state index contributed by atoms with van der Waals surface area (Å²) in [6.45, 7) is 0. The summed E-state index contributed by atoms with van der Waals surface area (Å²) in [5, 5.41) is 1.05. The molecule has 1 aromatic carbocycles. The fourth-order valence-electron chi connectivity index (χ4n) is 1.29. The lowest BCUT2D eigenvalue weighted by Crippen LogP contribution is -1.91. The largest absolute Gasteiger partial charge is 0.455 e. The molecule has 0 atom stereocenters. The zero-order valence-electron chi connectivity index (χ0n) is 8.66. The molecule has 0 N–H and O–H groups in total. The van der Waals surface area contributed by atoms with Gasteiger partial charge in [-0.1, -0.05) is 23.2 Å². The van der Waals surface area contributed by atoms with E-state index < -0.39 is 0 Å². The van der Waals surface area contributed by atoms with E-state index in [-0.39, 0.29) is 0 Å². The molecule has 2 rings (SSSR count). The van der Waals surface area contributed by atoms with Crippen molar-refractivity contribution in [2.75, 3.05) is 0 Å². The number of aromatic nitrogens is 1. The van der Waals surface area contributed by atoms with Crippen molar-refractivity contribution in [2.45, 2.75) is 5.88 Å². The number of nitrogens with zero attached hydrogens (tertiary/aromatic N) is 1. The molecule has 0 saturated heterocycles. The number of pyridine rings is 1. The van der Waals surface area contributed by atoms with Crippen molar-refractivity contribution in [3.8, 4) is 11.5 Å². The van der Waals surface area contributed by atoms with Gasteiger partial charge in [0.05, 0.1) is 10.9 Å². The third kappa shape index (κ3) is 3.03. The highest BCUT2D eigenvalue weighted by Crippen LogP contribution is 2.33. The van der Waals surface area contributed by atoms with E-state index in [9.17, 15) is 0 Å². The van der Waals surface area contributed by atoms with Gasteiger partial charge in [0.2, 0.25) is 0 Å². The van der Waals surface area contributed by atoms with Gasteiger partial charge in [-0.3, -0.25) is 4.98 Å². The Hall–Kier alpha value is -0.960. The lowest BCUT2D eigenvalue weighted by atomic mass is 10.3. The second-order valence-corrected chi connectivity index (χ2v) is 4.40. The Morgan fingerprint density at radius 3 is 2.71 bits per heavy atom. The summed E-state index contributed by atoms with van der Waals surface area (Å²) in [4.78, 5) is 3.97. The van der Waals surface area contributed by atoms with Gasteiger partial charge in [-0.2, -0.15) is 0 Å².